The summed E-state index contributed by atoms with van der Waals surface area (Å²) in [5, 5.41) is 2.58. The lowest BCUT2D eigenvalue weighted by Crippen LogP contribution is -2.37. The van der Waals surface area contributed by atoms with Crippen molar-refractivity contribution >= 4 is 17.5 Å². The Kier molecular flexibility index (Phi) is 4.36. The molecule has 0 saturated carbocycles. The van der Waals surface area contributed by atoms with E-state index in [4.69, 9.17) is 5.73 Å². The van der Waals surface area contributed by atoms with Gasteiger partial charge in [-0.2, -0.15) is 0 Å². The monoisotopic (exact) mass is 252 g/mol. The number of hydrogen-bond acceptors (Lipinski definition) is 3. The predicted molar refractivity (Wildman–Crippen MR) is 70.3 cm³/mol. The highest BCUT2D eigenvalue weighted by molar-refractivity contribution is 5.96. The van der Waals surface area contributed by atoms with E-state index in [1.54, 1.807) is 30.9 Å². The van der Waals surface area contributed by atoms with Crippen molar-refractivity contribution in [3.05, 3.63) is 18.0 Å². The fourth-order valence-electron chi connectivity index (χ4n) is 1.51. The van der Waals surface area contributed by atoms with Crippen LogP contribution in [0.4, 0.5) is 5.69 Å². The first kappa shape index (κ1) is 14.1. The molecule has 18 heavy (non-hydrogen) atoms. The van der Waals surface area contributed by atoms with Crippen molar-refractivity contribution in [3.8, 4) is 0 Å². The van der Waals surface area contributed by atoms with Gasteiger partial charge >= 0.3 is 0 Å². The van der Waals surface area contributed by atoms with Gasteiger partial charge in [0.15, 0.2) is 0 Å². The zero-order valence-corrected chi connectivity index (χ0v) is 11.2. The van der Waals surface area contributed by atoms with E-state index in [1.807, 2.05) is 13.8 Å². The summed E-state index contributed by atoms with van der Waals surface area (Å²) in [7, 11) is 3.28. The molecule has 0 saturated heterocycles. The Labute approximate surface area is 107 Å². The van der Waals surface area contributed by atoms with Crippen molar-refractivity contribution < 1.29 is 9.59 Å². The number of nitrogens with one attached hydrogen (secondary N) is 1. The number of rotatable bonds is 4. The summed E-state index contributed by atoms with van der Waals surface area (Å²) in [5.74, 6) is -0.449. The second-order valence-corrected chi connectivity index (χ2v) is 4.63. The van der Waals surface area contributed by atoms with Crippen LogP contribution in [0.3, 0.4) is 0 Å². The van der Waals surface area contributed by atoms with E-state index in [-0.39, 0.29) is 24.4 Å². The molecule has 0 aliphatic rings. The van der Waals surface area contributed by atoms with Crippen LogP contribution in [-0.2, 0) is 4.79 Å². The SMILES string of the molecule is CC(C)n1cc(N)cc1C(=O)NCC(=O)N(C)C. The maximum absolute atomic E-state index is 12.0. The van der Waals surface area contributed by atoms with Crippen LogP contribution < -0.4 is 11.1 Å². The third-order valence-electron chi connectivity index (χ3n) is 2.56. The Hall–Kier alpha value is -1.98. The molecule has 1 aromatic heterocycles. The van der Waals surface area contributed by atoms with Crippen molar-refractivity contribution in [2.75, 3.05) is 26.4 Å². The molecule has 1 aromatic rings. The molecular formula is C12H20N4O2. The maximum atomic E-state index is 12.0. The average Bonchev–Trinajstić information content (AvgIpc) is 2.67. The van der Waals surface area contributed by atoms with E-state index in [1.165, 1.54) is 4.90 Å². The Morgan fingerprint density at radius 3 is 2.56 bits per heavy atom. The average molecular weight is 252 g/mol. The lowest BCUT2D eigenvalue weighted by atomic mass is 10.3. The highest BCUT2D eigenvalue weighted by Gasteiger charge is 2.15. The summed E-state index contributed by atoms with van der Waals surface area (Å²) in [6, 6.07) is 1.74. The number of anilines is 1. The molecule has 0 aliphatic heterocycles. The van der Waals surface area contributed by atoms with Gasteiger partial charge in [0.2, 0.25) is 5.91 Å². The number of nitrogen functional groups attached to an aromatic ring is 1. The van der Waals surface area contributed by atoms with Crippen molar-refractivity contribution in [2.24, 2.45) is 0 Å². The smallest absolute Gasteiger partial charge is 0.268 e. The minimum atomic E-state index is -0.296. The van der Waals surface area contributed by atoms with Gasteiger partial charge in [-0.05, 0) is 19.9 Å². The Bertz CT molecular complexity index is 449. The molecule has 2 amide bonds. The number of nitrogens with two attached hydrogens (primary N) is 1. The summed E-state index contributed by atoms with van der Waals surface area (Å²) in [4.78, 5) is 24.8. The second-order valence-electron chi connectivity index (χ2n) is 4.63. The molecule has 0 spiro atoms. The van der Waals surface area contributed by atoms with Crippen LogP contribution in [0.2, 0.25) is 0 Å². The molecule has 0 aliphatic carbocycles. The number of nitrogens with zero attached hydrogens (tertiary/aromatic N) is 2. The zero-order chi connectivity index (χ0) is 13.9. The Morgan fingerprint density at radius 2 is 2.06 bits per heavy atom. The van der Waals surface area contributed by atoms with Gasteiger partial charge in [0.25, 0.3) is 5.91 Å². The van der Waals surface area contributed by atoms with Gasteiger partial charge in [0.1, 0.15) is 5.69 Å². The van der Waals surface area contributed by atoms with Crippen molar-refractivity contribution in [2.45, 2.75) is 19.9 Å². The Morgan fingerprint density at radius 1 is 1.44 bits per heavy atom. The fraction of sp³-hybridized carbons (Fsp3) is 0.500. The number of amides is 2. The minimum absolute atomic E-state index is 0.0188. The first-order chi connectivity index (χ1) is 8.32. The molecule has 6 nitrogen and oxygen atoms in total. The number of carbonyl (C=O) groups excluding carboxylic acids is 2. The number of likely N-dealkylation sites (N-methyl/N-ethyl adjacent to an activating group) is 1. The lowest BCUT2D eigenvalue weighted by molar-refractivity contribution is -0.127. The lowest BCUT2D eigenvalue weighted by Gasteiger charge is -2.14. The molecular weight excluding hydrogens is 232 g/mol. The minimum Gasteiger partial charge on any atom is -0.397 e. The molecule has 6 heteroatoms. The third kappa shape index (κ3) is 3.26. The summed E-state index contributed by atoms with van der Waals surface area (Å²) >= 11 is 0. The van der Waals surface area contributed by atoms with Gasteiger partial charge < -0.3 is 20.5 Å². The maximum Gasteiger partial charge on any atom is 0.268 e. The van der Waals surface area contributed by atoms with Crippen molar-refractivity contribution in [1.82, 2.24) is 14.8 Å². The quantitative estimate of drug-likeness (QED) is 0.817. The highest BCUT2D eigenvalue weighted by atomic mass is 16.2. The Balaban J connectivity index is 2.75. The van der Waals surface area contributed by atoms with Crippen LogP contribution in [0.1, 0.15) is 30.4 Å². The van der Waals surface area contributed by atoms with Crippen LogP contribution in [0, 0.1) is 0 Å². The first-order valence-electron chi connectivity index (χ1n) is 5.78. The standard InChI is InChI=1S/C12H20N4O2/c1-8(2)16-7-9(13)5-10(16)12(18)14-6-11(17)15(3)4/h5,7-8H,6,13H2,1-4H3,(H,14,18). The molecule has 1 rings (SSSR count). The molecule has 3 N–H and O–H groups in total. The number of aromatic nitrogens is 1. The summed E-state index contributed by atoms with van der Waals surface area (Å²) in [6.07, 6.45) is 1.72. The van der Waals surface area contributed by atoms with Crippen LogP contribution in [0.25, 0.3) is 0 Å². The van der Waals surface area contributed by atoms with E-state index < -0.39 is 0 Å². The van der Waals surface area contributed by atoms with Gasteiger partial charge in [-0.15, -0.1) is 0 Å². The topological polar surface area (TPSA) is 80.4 Å². The van der Waals surface area contributed by atoms with Gasteiger partial charge in [0, 0.05) is 26.3 Å². The number of carbonyl (C=O) groups is 2. The normalized spacial score (nSPS) is 10.5. The van der Waals surface area contributed by atoms with Crippen LogP contribution in [-0.4, -0.2) is 41.9 Å². The van der Waals surface area contributed by atoms with Crippen molar-refractivity contribution in [1.29, 1.82) is 0 Å². The number of hydrogen-bond donors (Lipinski definition) is 2. The highest BCUT2D eigenvalue weighted by Crippen LogP contribution is 2.16. The summed E-state index contributed by atoms with van der Waals surface area (Å²) < 4.78 is 1.78. The van der Waals surface area contributed by atoms with E-state index >= 15 is 0 Å². The zero-order valence-electron chi connectivity index (χ0n) is 11.2. The van der Waals surface area contributed by atoms with E-state index in [2.05, 4.69) is 5.32 Å². The summed E-state index contributed by atoms with van der Waals surface area (Å²) in [6.45, 7) is 3.90. The van der Waals surface area contributed by atoms with Crippen LogP contribution >= 0.6 is 0 Å². The van der Waals surface area contributed by atoms with E-state index in [0.29, 0.717) is 11.4 Å². The molecule has 0 unspecified atom stereocenters. The van der Waals surface area contributed by atoms with E-state index in [9.17, 15) is 9.59 Å². The molecule has 0 atom stereocenters. The first-order valence-corrected chi connectivity index (χ1v) is 5.78. The van der Waals surface area contributed by atoms with Gasteiger partial charge in [-0.3, -0.25) is 9.59 Å². The van der Waals surface area contributed by atoms with Crippen LogP contribution in [0.15, 0.2) is 12.3 Å². The van der Waals surface area contributed by atoms with Crippen molar-refractivity contribution in [3.63, 3.8) is 0 Å². The molecule has 0 bridgehead atoms. The molecule has 0 radical (unpaired) electrons. The second kappa shape index (κ2) is 5.57. The fourth-order valence-corrected chi connectivity index (χ4v) is 1.51. The van der Waals surface area contributed by atoms with Crippen LogP contribution in [0.5, 0.6) is 0 Å². The molecule has 100 valence electrons. The van der Waals surface area contributed by atoms with Gasteiger partial charge in [0.05, 0.1) is 12.2 Å². The predicted octanol–water partition coefficient (Wildman–Crippen LogP) is 0.469. The molecule has 0 fully saturated rings. The third-order valence-corrected chi connectivity index (χ3v) is 2.56. The largest absolute Gasteiger partial charge is 0.397 e. The molecule has 0 aromatic carbocycles. The van der Waals surface area contributed by atoms with Gasteiger partial charge in [-0.25, -0.2) is 0 Å². The summed E-state index contributed by atoms with van der Waals surface area (Å²) in [5.41, 5.74) is 6.68. The van der Waals surface area contributed by atoms with Gasteiger partial charge in [-0.1, -0.05) is 0 Å². The molecule has 1 heterocycles. The van der Waals surface area contributed by atoms with E-state index in [0.717, 1.165) is 0 Å².